The maximum atomic E-state index is 13.2. The van der Waals surface area contributed by atoms with E-state index < -0.39 is 23.6 Å². The molecule has 1 saturated carbocycles. The van der Waals surface area contributed by atoms with Crippen molar-refractivity contribution in [2.24, 2.45) is 0 Å². The van der Waals surface area contributed by atoms with Crippen molar-refractivity contribution >= 4 is 34.8 Å². The van der Waals surface area contributed by atoms with Crippen LogP contribution in [0.25, 0.3) is 0 Å². The monoisotopic (exact) mass is 489 g/mol. The summed E-state index contributed by atoms with van der Waals surface area (Å²) >= 11 is 11.9. The lowest BCUT2D eigenvalue weighted by Crippen LogP contribution is -2.16. The van der Waals surface area contributed by atoms with Crippen molar-refractivity contribution in [2.75, 3.05) is 5.32 Å². The molecule has 3 aromatic rings. The number of carbonyl (C=O) groups excluding carboxylic acids is 1. The van der Waals surface area contributed by atoms with Gasteiger partial charge in [-0.3, -0.25) is 14.2 Å². The number of halogens is 6. The Kier molecular flexibility index (Phi) is 6.17. The fourth-order valence-corrected chi connectivity index (χ4v) is 3.95. The number of anilines is 1. The number of rotatable bonds is 7. The van der Waals surface area contributed by atoms with Crippen molar-refractivity contribution in [2.45, 2.75) is 44.4 Å². The molecule has 1 amide bonds. The topological polar surface area (TPSA) is 64.7 Å². The van der Waals surface area contributed by atoms with Crippen LogP contribution in [0.1, 0.15) is 42.1 Å². The predicted molar refractivity (Wildman–Crippen MR) is 110 cm³/mol. The van der Waals surface area contributed by atoms with E-state index in [0.717, 1.165) is 12.8 Å². The first-order chi connectivity index (χ1) is 15.1. The predicted octanol–water partition coefficient (Wildman–Crippen LogP) is 5.50. The van der Waals surface area contributed by atoms with Crippen molar-refractivity contribution in [3.8, 4) is 0 Å². The molecule has 6 nitrogen and oxygen atoms in total. The minimum Gasteiger partial charge on any atom is -0.323 e. The minimum absolute atomic E-state index is 0.0349. The Morgan fingerprint density at radius 3 is 2.66 bits per heavy atom. The van der Waals surface area contributed by atoms with Crippen molar-refractivity contribution in [1.82, 2.24) is 19.6 Å². The van der Waals surface area contributed by atoms with Crippen LogP contribution in [0.3, 0.4) is 0 Å². The lowest BCUT2D eigenvalue weighted by molar-refractivity contribution is -0.141. The zero-order chi connectivity index (χ0) is 23.0. The summed E-state index contributed by atoms with van der Waals surface area (Å²) in [6.07, 6.45) is -0.268. The SMILES string of the molecule is O=C(CCn1nc(C(F)(F)F)c(Cl)c1C1CC1)Nc1cnn(Cc2ccc(F)cc2Cl)c1. The summed E-state index contributed by atoms with van der Waals surface area (Å²) in [6, 6.07) is 4.03. The van der Waals surface area contributed by atoms with E-state index in [9.17, 15) is 22.4 Å². The van der Waals surface area contributed by atoms with E-state index in [2.05, 4.69) is 15.5 Å². The van der Waals surface area contributed by atoms with Gasteiger partial charge in [0.05, 0.1) is 35.7 Å². The molecule has 32 heavy (non-hydrogen) atoms. The Morgan fingerprint density at radius 1 is 1.25 bits per heavy atom. The van der Waals surface area contributed by atoms with Crippen LogP contribution >= 0.6 is 23.2 Å². The third-order valence-electron chi connectivity index (χ3n) is 4.98. The van der Waals surface area contributed by atoms with Crippen LogP contribution in [0, 0.1) is 5.82 Å². The summed E-state index contributed by atoms with van der Waals surface area (Å²) < 4.78 is 55.3. The number of nitrogens with zero attached hydrogens (tertiary/aromatic N) is 4. The largest absolute Gasteiger partial charge is 0.436 e. The van der Waals surface area contributed by atoms with Crippen molar-refractivity contribution in [1.29, 1.82) is 0 Å². The van der Waals surface area contributed by atoms with Gasteiger partial charge in [0, 0.05) is 23.6 Å². The van der Waals surface area contributed by atoms with E-state index in [1.165, 1.54) is 27.7 Å². The summed E-state index contributed by atoms with van der Waals surface area (Å²) in [5.74, 6) is -0.921. The van der Waals surface area contributed by atoms with Crippen molar-refractivity contribution in [3.63, 3.8) is 0 Å². The standard InChI is InChI=1S/C20H17Cl2F4N5O/c21-15-7-13(23)4-3-12(15)9-30-10-14(8-27-30)28-16(32)5-6-31-18(11-1-2-11)17(22)19(29-31)20(24,25)26/h3-4,7-8,10-11H,1-2,5-6,9H2,(H,28,32). The van der Waals surface area contributed by atoms with Gasteiger partial charge in [0.1, 0.15) is 5.82 Å². The van der Waals surface area contributed by atoms with E-state index in [1.54, 1.807) is 12.3 Å². The van der Waals surface area contributed by atoms with Crippen LogP contribution in [-0.4, -0.2) is 25.5 Å². The summed E-state index contributed by atoms with van der Waals surface area (Å²) in [5, 5.41) is 10.3. The summed E-state index contributed by atoms with van der Waals surface area (Å²) in [6.45, 7) is 0.235. The van der Waals surface area contributed by atoms with Crippen LogP contribution in [0.2, 0.25) is 10.0 Å². The average molecular weight is 490 g/mol. The molecule has 1 fully saturated rings. The highest BCUT2D eigenvalue weighted by Crippen LogP contribution is 2.46. The fourth-order valence-electron chi connectivity index (χ4n) is 3.32. The normalized spacial score (nSPS) is 14.1. The lowest BCUT2D eigenvalue weighted by atomic mass is 10.2. The van der Waals surface area contributed by atoms with Gasteiger partial charge in [-0.15, -0.1) is 0 Å². The first-order valence-corrected chi connectivity index (χ1v) is 10.5. The van der Waals surface area contributed by atoms with Crippen LogP contribution < -0.4 is 5.32 Å². The van der Waals surface area contributed by atoms with Crippen LogP contribution in [0.5, 0.6) is 0 Å². The summed E-state index contributed by atoms with van der Waals surface area (Å²) in [5.41, 5.74) is 0.265. The molecule has 0 radical (unpaired) electrons. The molecule has 0 atom stereocenters. The quantitative estimate of drug-likeness (QED) is 0.445. The highest BCUT2D eigenvalue weighted by atomic mass is 35.5. The molecule has 1 N–H and O–H groups in total. The van der Waals surface area contributed by atoms with E-state index in [1.807, 2.05) is 0 Å². The van der Waals surface area contributed by atoms with Gasteiger partial charge >= 0.3 is 6.18 Å². The van der Waals surface area contributed by atoms with Crippen LogP contribution in [0.15, 0.2) is 30.6 Å². The first kappa shape index (κ1) is 22.6. The molecule has 4 rings (SSSR count). The number of aryl methyl sites for hydroxylation is 1. The van der Waals surface area contributed by atoms with E-state index in [4.69, 9.17) is 23.2 Å². The minimum atomic E-state index is -4.66. The number of hydrogen-bond donors (Lipinski definition) is 1. The maximum absolute atomic E-state index is 13.2. The van der Waals surface area contributed by atoms with Gasteiger partial charge in [0.2, 0.25) is 5.91 Å². The Labute approximate surface area is 190 Å². The highest BCUT2D eigenvalue weighted by molar-refractivity contribution is 6.32. The molecule has 0 bridgehead atoms. The second-order valence-electron chi connectivity index (χ2n) is 7.50. The molecule has 1 aliphatic carbocycles. The summed E-state index contributed by atoms with van der Waals surface area (Å²) in [4.78, 5) is 12.3. The van der Waals surface area contributed by atoms with Gasteiger partial charge in [0.25, 0.3) is 0 Å². The molecule has 0 unspecified atom stereocenters. The van der Waals surface area contributed by atoms with E-state index in [0.29, 0.717) is 16.9 Å². The van der Waals surface area contributed by atoms with Crippen molar-refractivity contribution in [3.05, 3.63) is 63.4 Å². The lowest BCUT2D eigenvalue weighted by Gasteiger charge is -2.07. The number of benzene rings is 1. The summed E-state index contributed by atoms with van der Waals surface area (Å²) in [7, 11) is 0. The number of hydrogen-bond acceptors (Lipinski definition) is 3. The van der Waals surface area contributed by atoms with Gasteiger partial charge < -0.3 is 5.32 Å². The zero-order valence-corrected chi connectivity index (χ0v) is 18.0. The number of carbonyl (C=O) groups is 1. The number of amides is 1. The Morgan fingerprint density at radius 2 is 2.00 bits per heavy atom. The third-order valence-corrected chi connectivity index (χ3v) is 5.70. The first-order valence-electron chi connectivity index (χ1n) is 9.71. The molecule has 12 heteroatoms. The molecule has 1 aromatic carbocycles. The molecule has 2 aromatic heterocycles. The smallest absolute Gasteiger partial charge is 0.323 e. The number of nitrogens with one attached hydrogen (secondary N) is 1. The van der Waals surface area contributed by atoms with Gasteiger partial charge in [-0.2, -0.15) is 23.4 Å². The Balaban J connectivity index is 1.38. The molecule has 0 aliphatic heterocycles. The Bertz CT molecular complexity index is 1150. The molecule has 170 valence electrons. The highest BCUT2D eigenvalue weighted by Gasteiger charge is 2.42. The van der Waals surface area contributed by atoms with Gasteiger partial charge in [-0.05, 0) is 30.5 Å². The van der Waals surface area contributed by atoms with Gasteiger partial charge in [-0.1, -0.05) is 29.3 Å². The second-order valence-corrected chi connectivity index (χ2v) is 8.29. The fraction of sp³-hybridized carbons (Fsp3) is 0.350. The third kappa shape index (κ3) is 5.07. The molecule has 1 aliphatic rings. The Hall–Kier alpha value is -2.59. The van der Waals surface area contributed by atoms with Crippen LogP contribution in [0.4, 0.5) is 23.2 Å². The maximum Gasteiger partial charge on any atom is 0.436 e. The molecule has 0 spiro atoms. The molecular formula is C20H17Cl2F4N5O. The van der Waals surface area contributed by atoms with Gasteiger partial charge in [-0.25, -0.2) is 4.39 Å². The van der Waals surface area contributed by atoms with E-state index >= 15 is 0 Å². The number of alkyl halides is 3. The van der Waals surface area contributed by atoms with Crippen molar-refractivity contribution < 1.29 is 22.4 Å². The van der Waals surface area contributed by atoms with E-state index in [-0.39, 0.29) is 35.5 Å². The second kappa shape index (κ2) is 8.74. The molecule has 0 saturated heterocycles. The number of aromatic nitrogens is 4. The zero-order valence-electron chi connectivity index (χ0n) is 16.5. The molecular weight excluding hydrogens is 473 g/mol. The average Bonchev–Trinajstić information content (AvgIpc) is 3.34. The van der Waals surface area contributed by atoms with Crippen LogP contribution in [-0.2, 0) is 24.1 Å². The van der Waals surface area contributed by atoms with Gasteiger partial charge in [0.15, 0.2) is 5.69 Å². The molecule has 2 heterocycles.